The largest absolute Gasteiger partial charge is 0.301 e. The van der Waals surface area contributed by atoms with Crippen LogP contribution in [-0.2, 0) is 15.6 Å². The van der Waals surface area contributed by atoms with Gasteiger partial charge in [-0.05, 0) is 19.1 Å². The Hall–Kier alpha value is -1.31. The van der Waals surface area contributed by atoms with E-state index in [2.05, 4.69) is 9.97 Å². The monoisotopic (exact) mass is 371 g/mol. The standard InChI is InChI=1S/C15H18ClN3O2S2/c1-4-19(14(20)10(2)9-23(3)21)15-12(16)18-13(22-15)11-6-5-7-17-8-11/h5-8,10H,4,9H2,1-3H3. The number of carbonyl (C=O) groups excluding carboxylic acids is 1. The molecule has 0 fully saturated rings. The molecule has 0 N–H and O–H groups in total. The number of anilines is 1. The van der Waals surface area contributed by atoms with E-state index in [0.717, 1.165) is 10.6 Å². The summed E-state index contributed by atoms with van der Waals surface area (Å²) in [4.78, 5) is 22.6. The topological polar surface area (TPSA) is 63.2 Å². The molecule has 0 aromatic carbocycles. The summed E-state index contributed by atoms with van der Waals surface area (Å²) in [6.45, 7) is 4.14. The minimum Gasteiger partial charge on any atom is -0.301 e. The van der Waals surface area contributed by atoms with E-state index in [-0.39, 0.29) is 11.8 Å². The third-order valence-electron chi connectivity index (χ3n) is 3.21. The first-order valence-corrected chi connectivity index (χ1v) is 10.0. The van der Waals surface area contributed by atoms with Gasteiger partial charge < -0.3 is 4.90 Å². The smallest absolute Gasteiger partial charge is 0.231 e. The Morgan fingerprint density at radius 2 is 2.26 bits per heavy atom. The van der Waals surface area contributed by atoms with Gasteiger partial charge >= 0.3 is 0 Å². The average molecular weight is 372 g/mol. The molecule has 0 aliphatic heterocycles. The third kappa shape index (κ3) is 4.37. The summed E-state index contributed by atoms with van der Waals surface area (Å²) in [5.74, 6) is -0.0897. The molecule has 2 rings (SSSR count). The normalized spacial score (nSPS) is 13.6. The van der Waals surface area contributed by atoms with Crippen LogP contribution in [0.1, 0.15) is 13.8 Å². The van der Waals surface area contributed by atoms with Crippen LogP contribution in [0, 0.1) is 5.92 Å². The zero-order chi connectivity index (χ0) is 17.0. The zero-order valence-corrected chi connectivity index (χ0v) is 15.5. The molecule has 1 amide bonds. The number of thiazole rings is 1. The van der Waals surface area contributed by atoms with Crippen molar-refractivity contribution >= 4 is 44.6 Å². The second-order valence-electron chi connectivity index (χ2n) is 5.08. The molecular formula is C15H18ClN3O2S2. The van der Waals surface area contributed by atoms with Crippen LogP contribution in [0.2, 0.25) is 5.15 Å². The molecule has 0 aliphatic carbocycles. The van der Waals surface area contributed by atoms with Gasteiger partial charge in [0.15, 0.2) is 5.15 Å². The van der Waals surface area contributed by atoms with Gasteiger partial charge in [-0.15, -0.1) is 0 Å². The fraction of sp³-hybridized carbons (Fsp3) is 0.400. The Kier molecular flexibility index (Phi) is 6.26. The molecule has 0 saturated carbocycles. The van der Waals surface area contributed by atoms with E-state index in [0.29, 0.717) is 22.5 Å². The Morgan fingerprint density at radius 3 is 2.83 bits per heavy atom. The van der Waals surface area contributed by atoms with Crippen molar-refractivity contribution in [1.82, 2.24) is 9.97 Å². The maximum Gasteiger partial charge on any atom is 0.231 e. The van der Waals surface area contributed by atoms with E-state index in [1.165, 1.54) is 11.3 Å². The van der Waals surface area contributed by atoms with Crippen LogP contribution >= 0.6 is 22.9 Å². The first kappa shape index (κ1) is 18.0. The highest BCUT2D eigenvalue weighted by Gasteiger charge is 2.26. The molecule has 0 aliphatic rings. The van der Waals surface area contributed by atoms with Crippen molar-refractivity contribution in [3.8, 4) is 10.6 Å². The minimum absolute atomic E-state index is 0.0917. The lowest BCUT2D eigenvalue weighted by atomic mass is 10.2. The predicted octanol–water partition coefficient (Wildman–Crippen LogP) is 3.23. The van der Waals surface area contributed by atoms with Crippen molar-refractivity contribution in [1.29, 1.82) is 0 Å². The van der Waals surface area contributed by atoms with E-state index in [4.69, 9.17) is 11.6 Å². The number of nitrogens with zero attached hydrogens (tertiary/aromatic N) is 3. The van der Waals surface area contributed by atoms with Crippen LogP contribution in [0.25, 0.3) is 10.6 Å². The number of pyridine rings is 1. The fourth-order valence-corrected chi connectivity index (χ4v) is 4.38. The van der Waals surface area contributed by atoms with Gasteiger partial charge in [-0.1, -0.05) is 29.9 Å². The summed E-state index contributed by atoms with van der Waals surface area (Å²) in [6, 6.07) is 3.72. The van der Waals surface area contributed by atoms with Crippen LogP contribution in [-0.4, -0.2) is 38.6 Å². The van der Waals surface area contributed by atoms with Gasteiger partial charge in [0, 0.05) is 53.2 Å². The molecule has 0 spiro atoms. The van der Waals surface area contributed by atoms with Crippen LogP contribution in [0.5, 0.6) is 0 Å². The molecule has 2 aromatic rings. The van der Waals surface area contributed by atoms with Gasteiger partial charge in [-0.2, -0.15) is 0 Å². The van der Waals surface area contributed by atoms with E-state index < -0.39 is 10.8 Å². The van der Waals surface area contributed by atoms with Crippen molar-refractivity contribution in [2.24, 2.45) is 5.92 Å². The maximum absolute atomic E-state index is 12.6. The summed E-state index contributed by atoms with van der Waals surface area (Å²) in [6.07, 6.45) is 4.99. The van der Waals surface area contributed by atoms with Gasteiger partial charge in [0.2, 0.25) is 5.91 Å². The highest BCUT2D eigenvalue weighted by atomic mass is 35.5. The molecule has 0 bridgehead atoms. The Bertz CT molecular complexity index is 706. The Balaban J connectivity index is 2.30. The number of hydrogen-bond acceptors (Lipinski definition) is 5. The van der Waals surface area contributed by atoms with Gasteiger partial charge in [0.25, 0.3) is 0 Å². The zero-order valence-electron chi connectivity index (χ0n) is 13.2. The average Bonchev–Trinajstić information content (AvgIpc) is 2.90. The lowest BCUT2D eigenvalue weighted by Crippen LogP contribution is -2.36. The van der Waals surface area contributed by atoms with Crippen molar-refractivity contribution in [2.75, 3.05) is 23.5 Å². The number of amides is 1. The summed E-state index contributed by atoms with van der Waals surface area (Å²) < 4.78 is 11.4. The SMILES string of the molecule is CCN(C(=O)C(C)CS(C)=O)c1sc(-c2cccnc2)nc1Cl. The molecule has 0 radical (unpaired) electrons. The lowest BCUT2D eigenvalue weighted by molar-refractivity contribution is -0.121. The van der Waals surface area contributed by atoms with Crippen LogP contribution in [0.3, 0.4) is 0 Å². The van der Waals surface area contributed by atoms with Crippen LogP contribution in [0.15, 0.2) is 24.5 Å². The molecule has 0 saturated heterocycles. The molecule has 5 nitrogen and oxygen atoms in total. The van der Waals surface area contributed by atoms with E-state index in [1.54, 1.807) is 30.5 Å². The summed E-state index contributed by atoms with van der Waals surface area (Å²) in [5, 5.41) is 1.64. The molecule has 2 atom stereocenters. The number of carbonyl (C=O) groups is 1. The second kappa shape index (κ2) is 7.99. The van der Waals surface area contributed by atoms with Gasteiger partial charge in [0.05, 0.1) is 0 Å². The first-order chi connectivity index (χ1) is 10.9. The molecular weight excluding hydrogens is 354 g/mol. The van der Waals surface area contributed by atoms with Crippen molar-refractivity contribution in [2.45, 2.75) is 13.8 Å². The summed E-state index contributed by atoms with van der Waals surface area (Å²) in [7, 11) is -1.02. The summed E-state index contributed by atoms with van der Waals surface area (Å²) >= 11 is 7.60. The molecule has 2 aromatic heterocycles. The first-order valence-electron chi connectivity index (χ1n) is 7.12. The van der Waals surface area contributed by atoms with Gasteiger partial charge in [-0.3, -0.25) is 14.0 Å². The fourth-order valence-electron chi connectivity index (χ4n) is 2.16. The molecule has 23 heavy (non-hydrogen) atoms. The van der Waals surface area contributed by atoms with Crippen molar-refractivity contribution < 1.29 is 9.00 Å². The highest BCUT2D eigenvalue weighted by molar-refractivity contribution is 7.84. The molecule has 2 heterocycles. The number of aromatic nitrogens is 2. The van der Waals surface area contributed by atoms with Gasteiger partial charge in [0.1, 0.15) is 10.0 Å². The number of halogens is 1. The van der Waals surface area contributed by atoms with Gasteiger partial charge in [-0.25, -0.2) is 4.98 Å². The van der Waals surface area contributed by atoms with Crippen molar-refractivity contribution in [3.63, 3.8) is 0 Å². The quantitative estimate of drug-likeness (QED) is 0.782. The number of rotatable bonds is 6. The predicted molar refractivity (Wildman–Crippen MR) is 96.5 cm³/mol. The Morgan fingerprint density at radius 1 is 1.52 bits per heavy atom. The number of hydrogen-bond donors (Lipinski definition) is 0. The van der Waals surface area contributed by atoms with Crippen LogP contribution in [0.4, 0.5) is 5.00 Å². The van der Waals surface area contributed by atoms with E-state index in [9.17, 15) is 9.00 Å². The highest BCUT2D eigenvalue weighted by Crippen LogP contribution is 2.37. The van der Waals surface area contributed by atoms with Crippen LogP contribution < -0.4 is 4.90 Å². The molecule has 2 unspecified atom stereocenters. The molecule has 124 valence electrons. The lowest BCUT2D eigenvalue weighted by Gasteiger charge is -2.22. The van der Waals surface area contributed by atoms with E-state index >= 15 is 0 Å². The third-order valence-corrected chi connectivity index (χ3v) is 5.68. The van der Waals surface area contributed by atoms with Crippen molar-refractivity contribution in [3.05, 3.63) is 29.7 Å². The summed E-state index contributed by atoms with van der Waals surface area (Å²) in [5.41, 5.74) is 0.858. The maximum atomic E-state index is 12.6. The second-order valence-corrected chi connectivity index (χ2v) is 7.90. The Labute approximate surface area is 147 Å². The van der Waals surface area contributed by atoms with E-state index in [1.807, 2.05) is 19.1 Å². The minimum atomic E-state index is -1.02. The molecule has 8 heteroatoms.